The van der Waals surface area contributed by atoms with Gasteiger partial charge in [-0.25, -0.2) is 4.79 Å². The molecule has 5 aromatic rings. The highest BCUT2D eigenvalue weighted by molar-refractivity contribution is 6.03. The number of anilines is 1. The average Bonchev–Trinajstić information content (AvgIpc) is 2.82. The third-order valence-electron chi connectivity index (χ3n) is 5.46. The van der Waals surface area contributed by atoms with Gasteiger partial charge >= 0.3 is 5.63 Å². The maximum atomic E-state index is 12.7. The normalized spacial score (nSPS) is 10.9. The van der Waals surface area contributed by atoms with Crippen molar-refractivity contribution in [1.82, 2.24) is 0 Å². The molecule has 162 valence electrons. The van der Waals surface area contributed by atoms with Crippen LogP contribution in [0.5, 0.6) is 5.75 Å². The minimum Gasteiger partial charge on any atom is -0.483 e. The lowest BCUT2D eigenvalue weighted by Gasteiger charge is -2.14. The molecule has 5 heteroatoms. The average molecular weight is 435 g/mol. The van der Waals surface area contributed by atoms with Crippen LogP contribution >= 0.6 is 0 Å². The molecule has 33 heavy (non-hydrogen) atoms. The third kappa shape index (κ3) is 4.21. The number of hydrogen-bond acceptors (Lipinski definition) is 4. The number of rotatable bonds is 5. The SMILES string of the molecule is Cc1cc(OCC(=O)Nc2cccc3ccccc23)c2c(-c3ccccc3)cc(=O)oc2c1. The Labute approximate surface area is 190 Å². The zero-order chi connectivity index (χ0) is 22.8. The number of hydrogen-bond donors (Lipinski definition) is 1. The molecule has 4 aromatic carbocycles. The summed E-state index contributed by atoms with van der Waals surface area (Å²) in [7, 11) is 0. The smallest absolute Gasteiger partial charge is 0.336 e. The van der Waals surface area contributed by atoms with Gasteiger partial charge in [0.1, 0.15) is 11.3 Å². The first kappa shape index (κ1) is 20.5. The number of amides is 1. The van der Waals surface area contributed by atoms with Crippen LogP contribution in [0.25, 0.3) is 32.9 Å². The van der Waals surface area contributed by atoms with Gasteiger partial charge in [-0.3, -0.25) is 4.79 Å². The summed E-state index contributed by atoms with van der Waals surface area (Å²) in [5, 5.41) is 5.60. The summed E-state index contributed by atoms with van der Waals surface area (Å²) in [5.41, 5.74) is 3.14. The van der Waals surface area contributed by atoms with Crippen LogP contribution in [-0.4, -0.2) is 12.5 Å². The monoisotopic (exact) mass is 435 g/mol. The Morgan fingerprint density at radius 2 is 1.67 bits per heavy atom. The molecule has 1 heterocycles. The highest BCUT2D eigenvalue weighted by atomic mass is 16.5. The van der Waals surface area contributed by atoms with Crippen LogP contribution < -0.4 is 15.7 Å². The second-order valence-electron chi connectivity index (χ2n) is 7.84. The summed E-state index contributed by atoms with van der Waals surface area (Å²) >= 11 is 0. The Hall–Kier alpha value is -4.38. The molecule has 5 nitrogen and oxygen atoms in total. The van der Waals surface area contributed by atoms with Crippen LogP contribution in [-0.2, 0) is 4.79 Å². The zero-order valence-corrected chi connectivity index (χ0v) is 18.0. The fourth-order valence-electron chi connectivity index (χ4n) is 4.02. The Balaban J connectivity index is 1.47. The number of nitrogens with one attached hydrogen (secondary N) is 1. The molecule has 0 fully saturated rings. The molecule has 0 atom stereocenters. The Morgan fingerprint density at radius 3 is 2.52 bits per heavy atom. The van der Waals surface area contributed by atoms with Crippen molar-refractivity contribution in [3.63, 3.8) is 0 Å². The summed E-state index contributed by atoms with van der Waals surface area (Å²) < 4.78 is 11.4. The van der Waals surface area contributed by atoms with E-state index < -0.39 is 5.63 Å². The number of carbonyl (C=O) groups is 1. The lowest BCUT2D eigenvalue weighted by atomic mass is 10.0. The quantitative estimate of drug-likeness (QED) is 0.347. The third-order valence-corrected chi connectivity index (χ3v) is 5.46. The summed E-state index contributed by atoms with van der Waals surface area (Å²) in [4.78, 5) is 25.0. The highest BCUT2D eigenvalue weighted by Gasteiger charge is 2.15. The van der Waals surface area contributed by atoms with Gasteiger partial charge in [-0.2, -0.15) is 0 Å². The molecule has 0 saturated carbocycles. The van der Waals surface area contributed by atoms with E-state index in [1.54, 1.807) is 6.07 Å². The second kappa shape index (κ2) is 8.63. The molecule has 5 rings (SSSR count). The summed E-state index contributed by atoms with van der Waals surface area (Å²) in [6, 6.07) is 28.3. The Morgan fingerprint density at radius 1 is 0.909 bits per heavy atom. The lowest BCUT2D eigenvalue weighted by Crippen LogP contribution is -2.20. The van der Waals surface area contributed by atoms with E-state index in [4.69, 9.17) is 9.15 Å². The molecule has 0 bridgehead atoms. The van der Waals surface area contributed by atoms with E-state index in [2.05, 4.69) is 5.32 Å². The number of fused-ring (bicyclic) bond motifs is 2. The van der Waals surface area contributed by atoms with Gasteiger partial charge in [0, 0.05) is 22.7 Å². The number of ether oxygens (including phenoxy) is 1. The second-order valence-corrected chi connectivity index (χ2v) is 7.84. The van der Waals surface area contributed by atoms with Gasteiger partial charge in [0.2, 0.25) is 0 Å². The molecular formula is C28H21NO4. The van der Waals surface area contributed by atoms with Crippen molar-refractivity contribution in [2.75, 3.05) is 11.9 Å². The van der Waals surface area contributed by atoms with Crippen LogP contribution in [0.15, 0.2) is 100 Å². The molecule has 1 N–H and O–H groups in total. The van der Waals surface area contributed by atoms with Gasteiger partial charge in [0.15, 0.2) is 6.61 Å². The number of benzene rings is 4. The molecule has 0 unspecified atom stereocenters. The fraction of sp³-hybridized carbons (Fsp3) is 0.0714. The minimum atomic E-state index is -0.438. The van der Waals surface area contributed by atoms with E-state index >= 15 is 0 Å². The van der Waals surface area contributed by atoms with Crippen LogP contribution in [0, 0.1) is 6.92 Å². The number of carbonyl (C=O) groups excluding carboxylic acids is 1. The molecule has 0 spiro atoms. The van der Waals surface area contributed by atoms with Gasteiger partial charge in [-0.1, -0.05) is 66.7 Å². The van der Waals surface area contributed by atoms with E-state index in [1.165, 1.54) is 6.07 Å². The van der Waals surface area contributed by atoms with Gasteiger partial charge in [-0.15, -0.1) is 0 Å². The van der Waals surface area contributed by atoms with Gasteiger partial charge in [0.25, 0.3) is 5.91 Å². The van der Waals surface area contributed by atoms with E-state index in [1.807, 2.05) is 85.8 Å². The first-order valence-electron chi connectivity index (χ1n) is 10.6. The van der Waals surface area contributed by atoms with Crippen molar-refractivity contribution in [2.24, 2.45) is 0 Å². The van der Waals surface area contributed by atoms with Crippen LogP contribution in [0.1, 0.15) is 5.56 Å². The van der Waals surface area contributed by atoms with E-state index in [-0.39, 0.29) is 12.5 Å². The van der Waals surface area contributed by atoms with E-state index in [0.717, 1.165) is 27.6 Å². The zero-order valence-electron chi connectivity index (χ0n) is 18.0. The predicted molar refractivity (Wildman–Crippen MR) is 131 cm³/mol. The maximum absolute atomic E-state index is 12.7. The van der Waals surface area contributed by atoms with Gasteiger partial charge in [-0.05, 0) is 41.6 Å². The van der Waals surface area contributed by atoms with Crippen molar-refractivity contribution in [3.8, 4) is 16.9 Å². The van der Waals surface area contributed by atoms with Crippen molar-refractivity contribution in [3.05, 3.63) is 107 Å². The Bertz CT molecular complexity index is 1530. The molecule has 0 aliphatic carbocycles. The topological polar surface area (TPSA) is 68.5 Å². The largest absolute Gasteiger partial charge is 0.483 e. The van der Waals surface area contributed by atoms with Gasteiger partial charge in [0.05, 0.1) is 5.39 Å². The van der Waals surface area contributed by atoms with Crippen molar-refractivity contribution >= 4 is 33.3 Å². The van der Waals surface area contributed by atoms with Crippen LogP contribution in [0.4, 0.5) is 5.69 Å². The van der Waals surface area contributed by atoms with E-state index in [9.17, 15) is 9.59 Å². The summed E-state index contributed by atoms with van der Waals surface area (Å²) in [6.45, 7) is 1.70. The molecule has 0 aliphatic rings. The number of aryl methyl sites for hydroxylation is 1. The van der Waals surface area contributed by atoms with Crippen LogP contribution in [0.3, 0.4) is 0 Å². The van der Waals surface area contributed by atoms with Crippen molar-refractivity contribution < 1.29 is 13.9 Å². The minimum absolute atomic E-state index is 0.185. The first-order chi connectivity index (χ1) is 16.1. The molecule has 1 aromatic heterocycles. The summed E-state index contributed by atoms with van der Waals surface area (Å²) in [5.74, 6) is 0.209. The first-order valence-corrected chi connectivity index (χ1v) is 10.6. The van der Waals surface area contributed by atoms with E-state index in [0.29, 0.717) is 22.3 Å². The lowest BCUT2D eigenvalue weighted by molar-refractivity contribution is -0.118. The molecule has 1 amide bonds. The predicted octanol–water partition coefficient (Wildman–Crippen LogP) is 5.94. The summed E-state index contributed by atoms with van der Waals surface area (Å²) in [6.07, 6.45) is 0. The van der Waals surface area contributed by atoms with Gasteiger partial charge < -0.3 is 14.5 Å². The molecule has 0 aliphatic heterocycles. The maximum Gasteiger partial charge on any atom is 0.336 e. The Kier molecular flexibility index (Phi) is 5.37. The molecule has 0 saturated heterocycles. The fourth-order valence-corrected chi connectivity index (χ4v) is 4.02. The molecule has 0 radical (unpaired) electrons. The van der Waals surface area contributed by atoms with Crippen molar-refractivity contribution in [2.45, 2.75) is 6.92 Å². The standard InChI is InChI=1S/C28H21NO4/c1-18-14-24(28-22(20-8-3-2-4-9-20)16-27(31)33-25(28)15-18)32-17-26(30)29-23-13-7-11-19-10-5-6-12-21(19)23/h2-16H,17H2,1H3,(H,29,30). The van der Waals surface area contributed by atoms with Crippen LogP contribution in [0.2, 0.25) is 0 Å². The molecular weight excluding hydrogens is 414 g/mol. The highest BCUT2D eigenvalue weighted by Crippen LogP contribution is 2.35. The van der Waals surface area contributed by atoms with Crippen molar-refractivity contribution in [1.29, 1.82) is 0 Å².